The Bertz CT molecular complexity index is 473. The van der Waals surface area contributed by atoms with E-state index in [2.05, 4.69) is 5.32 Å². The van der Waals surface area contributed by atoms with E-state index in [1.165, 1.54) is 0 Å². The molecule has 110 valence electrons. The molecule has 2 N–H and O–H groups in total. The minimum absolute atomic E-state index is 0.0805. The lowest BCUT2D eigenvalue weighted by Gasteiger charge is -2.10. The van der Waals surface area contributed by atoms with Crippen molar-refractivity contribution in [1.29, 1.82) is 0 Å². The lowest BCUT2D eigenvalue weighted by Crippen LogP contribution is -2.32. The summed E-state index contributed by atoms with van der Waals surface area (Å²) in [5.74, 6) is -0.633. The van der Waals surface area contributed by atoms with E-state index < -0.39 is 5.97 Å². The number of amides is 1. The summed E-state index contributed by atoms with van der Waals surface area (Å²) in [5, 5.41) is 10.9. The van der Waals surface area contributed by atoms with Crippen LogP contribution in [0.2, 0.25) is 0 Å². The van der Waals surface area contributed by atoms with Gasteiger partial charge in [0.05, 0.1) is 6.61 Å². The molecular weight excluding hydrogens is 262 g/mol. The second-order valence-corrected chi connectivity index (χ2v) is 4.35. The van der Waals surface area contributed by atoms with Crippen LogP contribution >= 0.6 is 0 Å². The number of carbonyl (C=O) groups is 2. The number of carboxylic acid groups (broad SMARTS) is 1. The van der Waals surface area contributed by atoms with E-state index in [0.29, 0.717) is 5.75 Å². The Morgan fingerprint density at radius 3 is 2.65 bits per heavy atom. The van der Waals surface area contributed by atoms with Gasteiger partial charge in [-0.25, -0.2) is 4.79 Å². The van der Waals surface area contributed by atoms with Crippen molar-refractivity contribution in [2.24, 2.45) is 0 Å². The maximum atomic E-state index is 11.5. The Morgan fingerprint density at radius 1 is 1.25 bits per heavy atom. The number of benzene rings is 1. The number of nitrogens with one attached hydrogen (secondary N) is 1. The second kappa shape index (κ2) is 8.16. The van der Waals surface area contributed by atoms with Gasteiger partial charge in [-0.05, 0) is 25.5 Å². The maximum Gasteiger partial charge on any atom is 0.329 e. The summed E-state index contributed by atoms with van der Waals surface area (Å²) in [6.07, 6.45) is 0. The summed E-state index contributed by atoms with van der Waals surface area (Å²) in [4.78, 5) is 21.7. The molecule has 0 radical (unpaired) electrons. The quantitative estimate of drug-likeness (QED) is 0.692. The lowest BCUT2D eigenvalue weighted by molar-refractivity contribution is -0.142. The first kappa shape index (κ1) is 16.0. The van der Waals surface area contributed by atoms with Crippen molar-refractivity contribution in [2.45, 2.75) is 13.8 Å². The highest BCUT2D eigenvalue weighted by Gasteiger charge is 2.05. The van der Waals surface area contributed by atoms with E-state index in [9.17, 15) is 9.59 Å². The van der Waals surface area contributed by atoms with Gasteiger partial charge in [0.15, 0.2) is 6.61 Å². The van der Waals surface area contributed by atoms with Gasteiger partial charge in [0.1, 0.15) is 12.4 Å². The maximum absolute atomic E-state index is 11.5. The molecule has 0 aliphatic heterocycles. The number of aliphatic carboxylic acids is 1. The molecule has 6 nitrogen and oxygen atoms in total. The number of hydrogen-bond acceptors (Lipinski definition) is 4. The average molecular weight is 281 g/mol. The van der Waals surface area contributed by atoms with Crippen molar-refractivity contribution in [3.63, 3.8) is 0 Å². The molecule has 0 unspecified atom stereocenters. The topological polar surface area (TPSA) is 84.9 Å². The Morgan fingerprint density at radius 2 is 2.00 bits per heavy atom. The predicted octanol–water partition coefficient (Wildman–Crippen LogP) is 0.900. The first-order valence-electron chi connectivity index (χ1n) is 6.25. The predicted molar refractivity (Wildman–Crippen MR) is 72.9 cm³/mol. The number of ether oxygens (including phenoxy) is 2. The molecule has 1 rings (SSSR count). The zero-order valence-electron chi connectivity index (χ0n) is 11.6. The monoisotopic (exact) mass is 281 g/mol. The fourth-order valence-electron chi connectivity index (χ4n) is 1.58. The van der Waals surface area contributed by atoms with Gasteiger partial charge < -0.3 is 19.9 Å². The van der Waals surface area contributed by atoms with Crippen LogP contribution in [0.1, 0.15) is 11.1 Å². The van der Waals surface area contributed by atoms with Gasteiger partial charge in [-0.2, -0.15) is 0 Å². The highest BCUT2D eigenvalue weighted by atomic mass is 16.5. The summed E-state index contributed by atoms with van der Waals surface area (Å²) >= 11 is 0. The second-order valence-electron chi connectivity index (χ2n) is 4.35. The molecule has 1 amide bonds. The van der Waals surface area contributed by atoms with Gasteiger partial charge in [0, 0.05) is 6.54 Å². The van der Waals surface area contributed by atoms with E-state index in [1.54, 1.807) is 0 Å². The highest BCUT2D eigenvalue weighted by molar-refractivity contribution is 5.77. The number of carboxylic acids is 1. The summed E-state index contributed by atoms with van der Waals surface area (Å²) in [5.41, 5.74) is 2.11. The largest absolute Gasteiger partial charge is 0.484 e. The third-order valence-corrected chi connectivity index (χ3v) is 2.48. The van der Waals surface area contributed by atoms with Gasteiger partial charge in [-0.1, -0.05) is 17.7 Å². The fourth-order valence-corrected chi connectivity index (χ4v) is 1.58. The molecule has 1 aromatic rings. The summed E-state index contributed by atoms with van der Waals surface area (Å²) in [7, 11) is 0. The number of carbonyl (C=O) groups excluding carboxylic acids is 1. The molecule has 0 heterocycles. The Balaban J connectivity index is 2.21. The van der Waals surface area contributed by atoms with Gasteiger partial charge in [-0.15, -0.1) is 0 Å². The van der Waals surface area contributed by atoms with Crippen LogP contribution in [-0.4, -0.2) is 43.3 Å². The summed E-state index contributed by atoms with van der Waals surface area (Å²) in [6, 6.07) is 5.72. The molecule has 0 saturated heterocycles. The molecule has 0 atom stereocenters. The zero-order chi connectivity index (χ0) is 15.0. The standard InChI is InChI=1S/C14H19NO5/c1-10-3-4-12(11(2)7-10)20-8-13(16)15-5-6-19-9-14(17)18/h3-4,7H,5-6,8-9H2,1-2H3,(H,15,16)(H,17,18). The zero-order valence-corrected chi connectivity index (χ0v) is 11.6. The first-order valence-corrected chi connectivity index (χ1v) is 6.25. The van der Waals surface area contributed by atoms with Crippen molar-refractivity contribution < 1.29 is 24.2 Å². The van der Waals surface area contributed by atoms with Crippen molar-refractivity contribution in [2.75, 3.05) is 26.4 Å². The molecular formula is C14H19NO5. The lowest BCUT2D eigenvalue weighted by atomic mass is 10.1. The van der Waals surface area contributed by atoms with Crippen LogP contribution in [0.25, 0.3) is 0 Å². The molecule has 0 aliphatic rings. The van der Waals surface area contributed by atoms with Crippen molar-refractivity contribution >= 4 is 11.9 Å². The first-order chi connectivity index (χ1) is 9.49. The van der Waals surface area contributed by atoms with E-state index in [1.807, 2.05) is 32.0 Å². The van der Waals surface area contributed by atoms with Crippen molar-refractivity contribution in [3.8, 4) is 5.75 Å². The smallest absolute Gasteiger partial charge is 0.329 e. The number of hydrogen-bond donors (Lipinski definition) is 2. The SMILES string of the molecule is Cc1ccc(OCC(=O)NCCOCC(=O)O)c(C)c1. The molecule has 0 aliphatic carbocycles. The van der Waals surface area contributed by atoms with Crippen LogP contribution in [0.3, 0.4) is 0 Å². The van der Waals surface area contributed by atoms with Gasteiger partial charge >= 0.3 is 5.97 Å². The van der Waals surface area contributed by atoms with Crippen molar-refractivity contribution in [1.82, 2.24) is 5.32 Å². The summed E-state index contributed by atoms with van der Waals surface area (Å²) < 4.78 is 10.2. The van der Waals surface area contributed by atoms with Crippen LogP contribution in [-0.2, 0) is 14.3 Å². The molecule has 20 heavy (non-hydrogen) atoms. The third-order valence-electron chi connectivity index (χ3n) is 2.48. The van der Waals surface area contributed by atoms with Crippen LogP contribution in [0.15, 0.2) is 18.2 Å². The average Bonchev–Trinajstić information content (AvgIpc) is 2.37. The van der Waals surface area contributed by atoms with Crippen LogP contribution < -0.4 is 10.1 Å². The Labute approximate surface area is 117 Å². The Hall–Kier alpha value is -2.08. The van der Waals surface area contributed by atoms with Gasteiger partial charge in [0.2, 0.25) is 0 Å². The van der Waals surface area contributed by atoms with E-state index in [0.717, 1.165) is 11.1 Å². The molecule has 1 aromatic carbocycles. The molecule has 0 fully saturated rings. The van der Waals surface area contributed by atoms with E-state index in [-0.39, 0.29) is 32.3 Å². The fraction of sp³-hybridized carbons (Fsp3) is 0.429. The van der Waals surface area contributed by atoms with Gasteiger partial charge in [0.25, 0.3) is 5.91 Å². The van der Waals surface area contributed by atoms with Crippen LogP contribution in [0.5, 0.6) is 5.75 Å². The molecule has 6 heteroatoms. The summed E-state index contributed by atoms with van der Waals surface area (Å²) in [6.45, 7) is 3.86. The minimum Gasteiger partial charge on any atom is -0.484 e. The van der Waals surface area contributed by atoms with Crippen LogP contribution in [0.4, 0.5) is 0 Å². The number of rotatable bonds is 8. The molecule has 0 bridgehead atoms. The number of aryl methyl sites for hydroxylation is 2. The van der Waals surface area contributed by atoms with E-state index >= 15 is 0 Å². The third kappa shape index (κ3) is 6.19. The molecule has 0 spiro atoms. The Kier molecular flexibility index (Phi) is 6.52. The molecule has 0 aromatic heterocycles. The normalized spacial score (nSPS) is 10.1. The van der Waals surface area contributed by atoms with Gasteiger partial charge in [-0.3, -0.25) is 4.79 Å². The van der Waals surface area contributed by atoms with Crippen molar-refractivity contribution in [3.05, 3.63) is 29.3 Å². The molecule has 0 saturated carbocycles. The highest BCUT2D eigenvalue weighted by Crippen LogP contribution is 2.18. The van der Waals surface area contributed by atoms with E-state index in [4.69, 9.17) is 14.6 Å². The minimum atomic E-state index is -1.03. The van der Waals surface area contributed by atoms with Crippen LogP contribution in [0, 0.1) is 13.8 Å².